The maximum absolute atomic E-state index is 11.7. The average molecular weight is 351 g/mol. The number of thiocarbonyl (C=S) groups is 1. The molecule has 3 nitrogen and oxygen atoms in total. The zero-order valence-corrected chi connectivity index (χ0v) is 14.4. The lowest BCUT2D eigenvalue weighted by atomic mass is 10.4. The fourth-order valence-electron chi connectivity index (χ4n) is 1.06. The predicted octanol–water partition coefficient (Wildman–Crippen LogP) is 3.27. The van der Waals surface area contributed by atoms with Crippen LogP contribution < -0.4 is 5.32 Å². The first-order valence-corrected chi connectivity index (χ1v) is 9.53. The van der Waals surface area contributed by atoms with Crippen LogP contribution in [0.15, 0.2) is 29.4 Å². The molecule has 1 atom stereocenters. The lowest BCUT2D eigenvalue weighted by molar-refractivity contribution is -0.120. The summed E-state index contributed by atoms with van der Waals surface area (Å²) >= 11 is 10.1. The van der Waals surface area contributed by atoms with Crippen molar-refractivity contribution < 1.29 is 4.79 Å². The molecule has 8 heteroatoms. The van der Waals surface area contributed by atoms with Crippen molar-refractivity contribution in [1.29, 1.82) is 0 Å². The van der Waals surface area contributed by atoms with Crippen molar-refractivity contribution in [3.63, 3.8) is 0 Å². The Morgan fingerprint density at radius 2 is 2.37 bits per heavy atom. The van der Waals surface area contributed by atoms with Gasteiger partial charge in [-0.25, -0.2) is 4.98 Å². The lowest BCUT2D eigenvalue weighted by Gasteiger charge is -2.10. The molecular weight excluding hydrogens is 336 g/mol. The molecule has 1 aromatic heterocycles. The summed E-state index contributed by atoms with van der Waals surface area (Å²) in [6.45, 7) is 2.45. The van der Waals surface area contributed by atoms with Crippen LogP contribution in [0.4, 0.5) is 0 Å². The van der Waals surface area contributed by atoms with Gasteiger partial charge in [0.15, 0.2) is 0 Å². The minimum Gasteiger partial charge on any atom is -0.354 e. The second kappa shape index (κ2) is 9.93. The zero-order chi connectivity index (χ0) is 14.1. The molecule has 0 saturated carbocycles. The van der Waals surface area contributed by atoms with E-state index >= 15 is 0 Å². The second-order valence-corrected chi connectivity index (χ2v) is 8.90. The molecule has 1 aromatic rings. The highest BCUT2D eigenvalue weighted by molar-refractivity contribution is 8.76. The number of thiol groups is 1. The molecule has 0 spiro atoms. The fourth-order valence-corrected chi connectivity index (χ4v) is 4.25. The van der Waals surface area contributed by atoms with E-state index in [2.05, 4.69) is 22.9 Å². The Morgan fingerprint density at radius 3 is 3.00 bits per heavy atom. The van der Waals surface area contributed by atoms with E-state index in [1.807, 2.05) is 25.1 Å². The maximum Gasteiger partial charge on any atom is 0.233 e. The number of thioether (sulfide) groups is 1. The molecule has 0 aliphatic carbocycles. The largest absolute Gasteiger partial charge is 0.354 e. The van der Waals surface area contributed by atoms with Crippen LogP contribution in [0.5, 0.6) is 0 Å². The second-order valence-electron chi connectivity index (χ2n) is 3.39. The van der Waals surface area contributed by atoms with Crippen LogP contribution in [-0.4, -0.2) is 32.0 Å². The minimum absolute atomic E-state index is 0.00941. The van der Waals surface area contributed by atoms with Crippen LogP contribution in [0.2, 0.25) is 0 Å². The molecule has 1 amide bonds. The van der Waals surface area contributed by atoms with Crippen LogP contribution in [-0.2, 0) is 4.79 Å². The van der Waals surface area contributed by atoms with E-state index in [1.165, 1.54) is 11.8 Å². The third-order valence-corrected chi connectivity index (χ3v) is 5.55. The van der Waals surface area contributed by atoms with Gasteiger partial charge in [0.25, 0.3) is 0 Å². The summed E-state index contributed by atoms with van der Waals surface area (Å²) in [6.07, 6.45) is 1.77. The quantitative estimate of drug-likeness (QED) is 0.340. The summed E-state index contributed by atoms with van der Waals surface area (Å²) in [7, 11) is 3.27. The molecule has 1 N–H and O–H groups in total. The van der Waals surface area contributed by atoms with Crippen LogP contribution >= 0.6 is 58.2 Å². The Balaban J connectivity index is 2.10. The summed E-state index contributed by atoms with van der Waals surface area (Å²) in [5.41, 5.74) is 0. The van der Waals surface area contributed by atoms with Crippen LogP contribution in [0.25, 0.3) is 0 Å². The highest BCUT2D eigenvalue weighted by Crippen LogP contribution is 2.28. The third kappa shape index (κ3) is 8.09. The van der Waals surface area contributed by atoms with Gasteiger partial charge in [0.05, 0.1) is 5.25 Å². The number of amides is 1. The van der Waals surface area contributed by atoms with E-state index in [4.69, 9.17) is 12.2 Å². The summed E-state index contributed by atoms with van der Waals surface area (Å²) in [4.78, 5) is 15.9. The Labute approximate surface area is 136 Å². The summed E-state index contributed by atoms with van der Waals surface area (Å²) in [5, 5.41) is 3.65. The first kappa shape index (κ1) is 17.2. The molecule has 1 unspecified atom stereocenters. The molecule has 19 heavy (non-hydrogen) atoms. The van der Waals surface area contributed by atoms with Crippen LogP contribution in [0, 0.1) is 0 Å². The van der Waals surface area contributed by atoms with E-state index in [-0.39, 0.29) is 11.2 Å². The molecule has 1 heterocycles. The number of hydrogen-bond donors (Lipinski definition) is 2. The van der Waals surface area contributed by atoms with E-state index in [0.29, 0.717) is 10.1 Å². The lowest BCUT2D eigenvalue weighted by Crippen LogP contribution is -2.32. The zero-order valence-electron chi connectivity index (χ0n) is 10.2. The number of nitrogens with one attached hydrogen (secondary N) is 1. The van der Waals surface area contributed by atoms with Gasteiger partial charge in [0, 0.05) is 18.5 Å². The highest BCUT2D eigenvalue weighted by atomic mass is 33.1. The van der Waals surface area contributed by atoms with Crippen molar-refractivity contribution in [2.45, 2.75) is 17.2 Å². The molecule has 0 saturated heterocycles. The molecule has 0 aliphatic heterocycles. The fraction of sp³-hybridized carbons (Fsp3) is 0.364. The molecule has 0 fully saturated rings. The number of carbonyl (C=O) groups is 1. The van der Waals surface area contributed by atoms with Crippen LogP contribution in [0.1, 0.15) is 6.92 Å². The number of carbonyl (C=O) groups excluding carboxylic acids is 1. The van der Waals surface area contributed by atoms with Gasteiger partial charge < -0.3 is 5.32 Å². The Morgan fingerprint density at radius 1 is 1.58 bits per heavy atom. The van der Waals surface area contributed by atoms with Crippen molar-refractivity contribution in [3.05, 3.63) is 24.4 Å². The van der Waals surface area contributed by atoms with Gasteiger partial charge in [-0.3, -0.25) is 4.79 Å². The number of hydrogen-bond acceptors (Lipinski definition) is 6. The van der Waals surface area contributed by atoms with Gasteiger partial charge in [-0.2, -0.15) is 0 Å². The standard InChI is InChI=1S/C11H14N2OS5/c1-8(18-11(15)16)10(14)13-6-7-17-19-9-4-2-3-5-12-9/h2-5,8H,6-7H2,1H3,(H,13,14)(H,15,16). The summed E-state index contributed by atoms with van der Waals surface area (Å²) in [5.74, 6) is 0.820. The smallest absolute Gasteiger partial charge is 0.233 e. The topological polar surface area (TPSA) is 42.0 Å². The SMILES string of the molecule is CC(SC(=S)S)C(=O)NCCSSc1ccccn1. The third-order valence-electron chi connectivity index (χ3n) is 1.91. The first-order valence-electron chi connectivity index (χ1n) is 5.47. The maximum atomic E-state index is 11.7. The molecule has 0 aliphatic rings. The van der Waals surface area contributed by atoms with E-state index < -0.39 is 0 Å². The normalized spacial score (nSPS) is 11.9. The highest BCUT2D eigenvalue weighted by Gasteiger charge is 2.13. The van der Waals surface area contributed by atoms with Gasteiger partial charge >= 0.3 is 0 Å². The number of aromatic nitrogens is 1. The average Bonchev–Trinajstić information content (AvgIpc) is 2.38. The van der Waals surface area contributed by atoms with Gasteiger partial charge in [0.1, 0.15) is 8.55 Å². The predicted molar refractivity (Wildman–Crippen MR) is 94.2 cm³/mol. The van der Waals surface area contributed by atoms with Gasteiger partial charge in [-0.15, -0.1) is 12.6 Å². The molecule has 0 aromatic carbocycles. The Hall–Kier alpha value is 0.110. The summed E-state index contributed by atoms with van der Waals surface area (Å²) < 4.78 is 0.489. The van der Waals surface area contributed by atoms with Crippen molar-refractivity contribution >= 4 is 67.6 Å². The molecule has 0 radical (unpaired) electrons. The van der Waals surface area contributed by atoms with Crippen molar-refractivity contribution in [2.24, 2.45) is 0 Å². The first-order chi connectivity index (χ1) is 9.09. The van der Waals surface area contributed by atoms with Crippen molar-refractivity contribution in [3.8, 4) is 0 Å². The van der Waals surface area contributed by atoms with Crippen molar-refractivity contribution in [1.82, 2.24) is 10.3 Å². The molecular formula is C11H14N2OS5. The number of nitrogens with zero attached hydrogens (tertiary/aromatic N) is 1. The van der Waals surface area contributed by atoms with Gasteiger partial charge in [0.2, 0.25) is 5.91 Å². The molecule has 0 bridgehead atoms. The number of pyridine rings is 1. The minimum atomic E-state index is -0.196. The van der Waals surface area contributed by atoms with Crippen LogP contribution in [0.3, 0.4) is 0 Å². The number of rotatable bonds is 7. The van der Waals surface area contributed by atoms with E-state index in [1.54, 1.807) is 27.8 Å². The summed E-state index contributed by atoms with van der Waals surface area (Å²) in [6, 6.07) is 5.80. The Kier molecular flexibility index (Phi) is 8.97. The van der Waals surface area contributed by atoms with E-state index in [0.717, 1.165) is 10.8 Å². The van der Waals surface area contributed by atoms with Crippen molar-refractivity contribution in [2.75, 3.05) is 12.3 Å². The molecule has 1 rings (SSSR count). The Bertz CT molecular complexity index is 415. The molecule has 104 valence electrons. The van der Waals surface area contributed by atoms with E-state index in [9.17, 15) is 4.79 Å². The monoisotopic (exact) mass is 350 g/mol. The van der Waals surface area contributed by atoms with Gasteiger partial charge in [-0.05, 0) is 29.9 Å². The van der Waals surface area contributed by atoms with Gasteiger partial charge in [-0.1, -0.05) is 40.8 Å².